The van der Waals surface area contributed by atoms with Crippen molar-refractivity contribution < 1.29 is 0 Å². The fraction of sp³-hybridized carbons (Fsp3) is 0.143. The van der Waals surface area contributed by atoms with Crippen molar-refractivity contribution in [1.29, 1.82) is 0 Å². The Hall–Kier alpha value is -3.70. The van der Waals surface area contributed by atoms with Crippen LogP contribution in [0, 0.1) is 0 Å². The Labute approximate surface area is 196 Å². The monoisotopic (exact) mass is 446 g/mol. The molecule has 3 aromatic carbocycles. The molecular formula is C28H22N4S. The third kappa shape index (κ3) is 3.45. The minimum atomic E-state index is -0.225. The first-order chi connectivity index (χ1) is 16.0. The Morgan fingerprint density at radius 2 is 1.39 bits per heavy atom. The van der Waals surface area contributed by atoms with E-state index >= 15 is 0 Å². The van der Waals surface area contributed by atoms with E-state index in [2.05, 4.69) is 75.4 Å². The Morgan fingerprint density at radius 3 is 2.27 bits per heavy atom. The molecule has 0 aliphatic carbocycles. The first kappa shape index (κ1) is 19.9. The Bertz CT molecular complexity index is 1660. The van der Waals surface area contributed by atoms with E-state index in [0.717, 1.165) is 28.0 Å². The van der Waals surface area contributed by atoms with Crippen molar-refractivity contribution in [3.63, 3.8) is 0 Å². The number of hydrogen-bond acceptors (Lipinski definition) is 5. The normalized spacial score (nSPS) is 12.1. The summed E-state index contributed by atoms with van der Waals surface area (Å²) in [4.78, 5) is 19.6. The van der Waals surface area contributed by atoms with Gasteiger partial charge in [-0.3, -0.25) is 0 Å². The maximum Gasteiger partial charge on any atom is 0.182 e. The highest BCUT2D eigenvalue weighted by Crippen LogP contribution is 2.39. The molecule has 0 N–H and O–H groups in total. The molecule has 0 saturated carbocycles. The number of rotatable bonds is 2. The highest BCUT2D eigenvalue weighted by atomic mass is 32.1. The van der Waals surface area contributed by atoms with E-state index in [-0.39, 0.29) is 5.41 Å². The van der Waals surface area contributed by atoms with Crippen LogP contribution in [0.2, 0.25) is 0 Å². The van der Waals surface area contributed by atoms with Gasteiger partial charge in [0.15, 0.2) is 11.6 Å². The standard InChI is InChI=1S/C28H22N4S/c1-28(2,3)27-31-25(20-12-8-11-19-18-10-5-7-14-23(18)33-24(19)20)30-26(32-27)22-16-15-17-9-4-6-13-21(17)29-22/h4-16H,1-3H3. The molecule has 0 fully saturated rings. The van der Waals surface area contributed by atoms with E-state index in [1.165, 1.54) is 20.2 Å². The minimum Gasteiger partial charge on any atom is -0.244 e. The molecule has 5 heteroatoms. The van der Waals surface area contributed by atoms with Crippen LogP contribution in [0.25, 0.3) is 54.0 Å². The lowest BCUT2D eigenvalue weighted by Gasteiger charge is -2.18. The molecular weight excluding hydrogens is 424 g/mol. The van der Waals surface area contributed by atoms with Crippen LogP contribution < -0.4 is 0 Å². The molecule has 33 heavy (non-hydrogen) atoms. The summed E-state index contributed by atoms with van der Waals surface area (Å²) < 4.78 is 2.46. The molecule has 6 aromatic rings. The Morgan fingerprint density at radius 1 is 0.636 bits per heavy atom. The van der Waals surface area contributed by atoms with Gasteiger partial charge in [-0.25, -0.2) is 19.9 Å². The van der Waals surface area contributed by atoms with Crippen molar-refractivity contribution in [3.8, 4) is 22.9 Å². The summed E-state index contributed by atoms with van der Waals surface area (Å²) in [5.74, 6) is 2.06. The van der Waals surface area contributed by atoms with Crippen LogP contribution in [0.5, 0.6) is 0 Å². The molecule has 160 valence electrons. The van der Waals surface area contributed by atoms with Gasteiger partial charge in [0.2, 0.25) is 0 Å². The summed E-state index contributed by atoms with van der Waals surface area (Å²) >= 11 is 1.78. The average molecular weight is 447 g/mol. The summed E-state index contributed by atoms with van der Waals surface area (Å²) in [6.07, 6.45) is 0. The number of thiophene rings is 1. The molecule has 6 rings (SSSR count). The predicted octanol–water partition coefficient (Wildman–Crippen LogP) is 7.42. The molecule has 3 heterocycles. The van der Waals surface area contributed by atoms with E-state index in [1.54, 1.807) is 11.3 Å². The van der Waals surface area contributed by atoms with E-state index < -0.39 is 0 Å². The van der Waals surface area contributed by atoms with Crippen molar-refractivity contribution in [2.24, 2.45) is 0 Å². The molecule has 0 saturated heterocycles. The van der Waals surface area contributed by atoms with Gasteiger partial charge in [-0.15, -0.1) is 11.3 Å². The van der Waals surface area contributed by atoms with Gasteiger partial charge in [0.1, 0.15) is 11.5 Å². The summed E-state index contributed by atoms with van der Waals surface area (Å²) in [6.45, 7) is 6.39. The fourth-order valence-electron chi connectivity index (χ4n) is 4.06. The highest BCUT2D eigenvalue weighted by molar-refractivity contribution is 7.26. The summed E-state index contributed by atoms with van der Waals surface area (Å²) in [5.41, 5.74) is 2.49. The van der Waals surface area contributed by atoms with Crippen LogP contribution in [0.3, 0.4) is 0 Å². The second kappa shape index (κ2) is 7.42. The van der Waals surface area contributed by atoms with E-state index in [4.69, 9.17) is 19.9 Å². The molecule has 0 atom stereocenters. The number of nitrogens with zero attached hydrogens (tertiary/aromatic N) is 4. The summed E-state index contributed by atoms with van der Waals surface area (Å²) in [6, 6.07) is 27.1. The number of aromatic nitrogens is 4. The van der Waals surface area contributed by atoms with Gasteiger partial charge in [0.05, 0.1) is 5.52 Å². The SMILES string of the molecule is CC(C)(C)c1nc(-c2ccc3ccccc3n2)nc(-c2cccc3c2sc2ccccc23)n1. The first-order valence-electron chi connectivity index (χ1n) is 11.0. The molecule has 0 bridgehead atoms. The molecule has 0 aliphatic rings. The zero-order chi connectivity index (χ0) is 22.6. The summed E-state index contributed by atoms with van der Waals surface area (Å²) in [5, 5.41) is 3.60. The zero-order valence-electron chi connectivity index (χ0n) is 18.7. The van der Waals surface area contributed by atoms with Gasteiger partial charge < -0.3 is 0 Å². The molecule has 0 unspecified atom stereocenters. The van der Waals surface area contributed by atoms with Crippen LogP contribution in [0.4, 0.5) is 0 Å². The van der Waals surface area contributed by atoms with E-state index in [9.17, 15) is 0 Å². The van der Waals surface area contributed by atoms with Gasteiger partial charge in [0.25, 0.3) is 0 Å². The van der Waals surface area contributed by atoms with Gasteiger partial charge in [-0.1, -0.05) is 75.4 Å². The lowest BCUT2D eigenvalue weighted by atomic mass is 9.95. The lowest BCUT2D eigenvalue weighted by molar-refractivity contribution is 0.543. The van der Waals surface area contributed by atoms with Crippen LogP contribution in [0.15, 0.2) is 78.9 Å². The maximum absolute atomic E-state index is 4.94. The largest absolute Gasteiger partial charge is 0.244 e. The smallest absolute Gasteiger partial charge is 0.182 e. The average Bonchev–Trinajstić information content (AvgIpc) is 3.22. The number of fused-ring (bicyclic) bond motifs is 4. The molecule has 3 aromatic heterocycles. The van der Waals surface area contributed by atoms with E-state index in [0.29, 0.717) is 11.6 Å². The van der Waals surface area contributed by atoms with Crippen molar-refractivity contribution in [3.05, 3.63) is 84.7 Å². The number of hydrogen-bond donors (Lipinski definition) is 0. The molecule has 0 amide bonds. The van der Waals surface area contributed by atoms with Gasteiger partial charge in [-0.2, -0.15) is 0 Å². The van der Waals surface area contributed by atoms with Crippen molar-refractivity contribution in [2.75, 3.05) is 0 Å². The second-order valence-corrected chi connectivity index (χ2v) is 10.3. The van der Waals surface area contributed by atoms with Crippen molar-refractivity contribution in [1.82, 2.24) is 19.9 Å². The quantitative estimate of drug-likeness (QED) is 0.278. The maximum atomic E-state index is 4.94. The first-order valence-corrected chi connectivity index (χ1v) is 11.8. The Kier molecular flexibility index (Phi) is 4.49. The zero-order valence-corrected chi connectivity index (χ0v) is 19.5. The molecule has 0 radical (unpaired) electrons. The molecule has 4 nitrogen and oxygen atoms in total. The van der Waals surface area contributed by atoms with Crippen LogP contribution in [-0.4, -0.2) is 19.9 Å². The minimum absolute atomic E-state index is 0.225. The molecule has 0 aliphatic heterocycles. The van der Waals surface area contributed by atoms with Gasteiger partial charge in [0, 0.05) is 36.5 Å². The third-order valence-electron chi connectivity index (χ3n) is 5.78. The van der Waals surface area contributed by atoms with Crippen molar-refractivity contribution in [2.45, 2.75) is 26.2 Å². The van der Waals surface area contributed by atoms with Crippen LogP contribution in [0.1, 0.15) is 26.6 Å². The number of pyridine rings is 1. The van der Waals surface area contributed by atoms with Crippen LogP contribution in [-0.2, 0) is 5.41 Å². The van der Waals surface area contributed by atoms with Gasteiger partial charge in [-0.05, 0) is 24.3 Å². The fourth-order valence-corrected chi connectivity index (χ4v) is 5.27. The third-order valence-corrected chi connectivity index (χ3v) is 7.00. The van der Waals surface area contributed by atoms with E-state index in [1.807, 2.05) is 24.3 Å². The summed E-state index contributed by atoms with van der Waals surface area (Å²) in [7, 11) is 0. The lowest BCUT2D eigenvalue weighted by Crippen LogP contribution is -2.18. The van der Waals surface area contributed by atoms with Gasteiger partial charge >= 0.3 is 0 Å². The number of para-hydroxylation sites is 1. The predicted molar refractivity (Wildman–Crippen MR) is 138 cm³/mol. The van der Waals surface area contributed by atoms with Crippen LogP contribution >= 0.6 is 11.3 Å². The highest BCUT2D eigenvalue weighted by Gasteiger charge is 2.22. The number of benzene rings is 3. The second-order valence-electron chi connectivity index (χ2n) is 9.23. The Balaban J connectivity index is 1.61. The van der Waals surface area contributed by atoms with Crippen molar-refractivity contribution >= 4 is 42.4 Å². The molecule has 0 spiro atoms. The topological polar surface area (TPSA) is 51.6 Å².